The predicted molar refractivity (Wildman–Crippen MR) is 77.2 cm³/mol. The Morgan fingerprint density at radius 1 is 1.32 bits per heavy atom. The molecule has 0 spiro atoms. The average Bonchev–Trinajstić information content (AvgIpc) is 2.41. The third kappa shape index (κ3) is 2.78. The number of rotatable bonds is 3. The number of carbonyl (C=O) groups excluding carboxylic acids is 1. The highest BCUT2D eigenvalue weighted by atomic mass is 16.1. The van der Waals surface area contributed by atoms with E-state index in [0.717, 1.165) is 31.5 Å². The molecule has 2 N–H and O–H groups in total. The number of hydrogen-bond acceptors (Lipinski definition) is 4. The number of anilines is 1. The van der Waals surface area contributed by atoms with Crippen LogP contribution in [-0.2, 0) is 0 Å². The van der Waals surface area contributed by atoms with Crippen molar-refractivity contribution in [3.63, 3.8) is 0 Å². The van der Waals surface area contributed by atoms with Crippen molar-refractivity contribution >= 4 is 11.6 Å². The number of nitrogens with two attached hydrogens (primary N) is 1. The first-order valence-electron chi connectivity index (χ1n) is 6.95. The van der Waals surface area contributed by atoms with Crippen LogP contribution in [0.3, 0.4) is 0 Å². The molecule has 1 aliphatic rings. The minimum atomic E-state index is -0.510. The fourth-order valence-electron chi connectivity index (χ4n) is 2.69. The number of aromatic nitrogens is 1. The molecule has 104 valence electrons. The number of hydrogen-bond donors (Lipinski definition) is 1. The van der Waals surface area contributed by atoms with E-state index < -0.39 is 5.54 Å². The molecule has 0 radical (unpaired) electrons. The maximum absolute atomic E-state index is 12.8. The second-order valence-corrected chi connectivity index (χ2v) is 5.88. The van der Waals surface area contributed by atoms with Crippen molar-refractivity contribution in [2.45, 2.75) is 45.6 Å². The lowest BCUT2D eigenvalue weighted by Crippen LogP contribution is -2.52. The van der Waals surface area contributed by atoms with Crippen LogP contribution in [0.2, 0.25) is 0 Å². The van der Waals surface area contributed by atoms with E-state index in [0.29, 0.717) is 11.4 Å². The average molecular weight is 261 g/mol. The van der Waals surface area contributed by atoms with Crippen LogP contribution in [0.1, 0.15) is 49.0 Å². The Labute approximate surface area is 115 Å². The summed E-state index contributed by atoms with van der Waals surface area (Å²) in [6.45, 7) is 7.87. The Balaban J connectivity index is 2.28. The van der Waals surface area contributed by atoms with E-state index >= 15 is 0 Å². The van der Waals surface area contributed by atoms with Gasteiger partial charge in [-0.1, -0.05) is 6.42 Å². The normalized spacial score (nSPS) is 17.4. The zero-order valence-corrected chi connectivity index (χ0v) is 12.1. The number of aryl methyl sites for hydroxylation is 1. The lowest BCUT2D eigenvalue weighted by atomic mass is 9.89. The highest BCUT2D eigenvalue weighted by Gasteiger charge is 2.36. The molecule has 19 heavy (non-hydrogen) atoms. The number of piperidine rings is 1. The summed E-state index contributed by atoms with van der Waals surface area (Å²) in [7, 11) is 0. The van der Waals surface area contributed by atoms with Gasteiger partial charge in [-0.2, -0.15) is 0 Å². The van der Waals surface area contributed by atoms with E-state index in [9.17, 15) is 4.79 Å². The summed E-state index contributed by atoms with van der Waals surface area (Å²) >= 11 is 0. The van der Waals surface area contributed by atoms with E-state index in [1.807, 2.05) is 26.8 Å². The van der Waals surface area contributed by atoms with Crippen LogP contribution in [0.15, 0.2) is 12.3 Å². The topological polar surface area (TPSA) is 59.2 Å². The molecule has 0 unspecified atom stereocenters. The number of ketones is 1. The monoisotopic (exact) mass is 261 g/mol. The zero-order valence-electron chi connectivity index (χ0n) is 12.1. The Morgan fingerprint density at radius 2 is 1.95 bits per heavy atom. The maximum atomic E-state index is 12.8. The summed E-state index contributed by atoms with van der Waals surface area (Å²) < 4.78 is 0. The van der Waals surface area contributed by atoms with Gasteiger partial charge in [0, 0.05) is 6.20 Å². The summed E-state index contributed by atoms with van der Waals surface area (Å²) in [5, 5.41) is 0. The first kappa shape index (κ1) is 14.0. The Hall–Kier alpha value is -1.42. The molecule has 1 saturated heterocycles. The van der Waals surface area contributed by atoms with Crippen molar-refractivity contribution in [2.24, 2.45) is 0 Å². The maximum Gasteiger partial charge on any atom is 0.186 e. The van der Waals surface area contributed by atoms with Crippen molar-refractivity contribution < 1.29 is 4.79 Å². The summed E-state index contributed by atoms with van der Waals surface area (Å²) in [5.41, 5.74) is 6.87. The molecule has 0 atom stereocenters. The molecular weight excluding hydrogens is 238 g/mol. The molecule has 1 aromatic heterocycles. The number of nitrogens with zero attached hydrogens (tertiary/aromatic N) is 2. The number of Topliss-reactive ketones (excluding diaryl/α,β-unsaturated/α-hetero) is 1. The van der Waals surface area contributed by atoms with Gasteiger partial charge in [0.1, 0.15) is 5.82 Å². The van der Waals surface area contributed by atoms with Gasteiger partial charge in [-0.15, -0.1) is 0 Å². The standard InChI is InChI=1S/C15H23N3O/c1-11-9-12(14(16)17-10-11)13(19)15(2,3)18-7-5-4-6-8-18/h9-10H,4-8H2,1-3H3,(H2,16,17). The van der Waals surface area contributed by atoms with E-state index in [1.54, 1.807) is 6.20 Å². The van der Waals surface area contributed by atoms with Crippen molar-refractivity contribution in [2.75, 3.05) is 18.8 Å². The largest absolute Gasteiger partial charge is 0.383 e. The summed E-state index contributed by atoms with van der Waals surface area (Å²) in [5.74, 6) is 0.406. The highest BCUT2D eigenvalue weighted by molar-refractivity contribution is 6.06. The van der Waals surface area contributed by atoms with E-state index in [4.69, 9.17) is 5.73 Å². The van der Waals surface area contributed by atoms with Crippen molar-refractivity contribution in [3.8, 4) is 0 Å². The van der Waals surface area contributed by atoms with Gasteiger partial charge >= 0.3 is 0 Å². The second kappa shape index (κ2) is 5.29. The second-order valence-electron chi connectivity index (χ2n) is 5.88. The van der Waals surface area contributed by atoms with Gasteiger partial charge in [0.15, 0.2) is 5.78 Å². The van der Waals surface area contributed by atoms with Gasteiger partial charge < -0.3 is 5.73 Å². The fourth-order valence-corrected chi connectivity index (χ4v) is 2.69. The number of likely N-dealkylation sites (tertiary alicyclic amines) is 1. The van der Waals surface area contributed by atoms with Gasteiger partial charge in [-0.05, 0) is 58.3 Å². The SMILES string of the molecule is Cc1cnc(N)c(C(=O)C(C)(C)N2CCCCC2)c1. The molecule has 4 nitrogen and oxygen atoms in total. The molecule has 2 heterocycles. The Bertz CT molecular complexity index is 476. The van der Waals surface area contributed by atoms with Crippen LogP contribution in [0.4, 0.5) is 5.82 Å². The predicted octanol–water partition coefficient (Wildman–Crippen LogP) is 2.42. The summed E-state index contributed by atoms with van der Waals surface area (Å²) in [6, 6.07) is 1.84. The van der Waals surface area contributed by atoms with Gasteiger partial charge in [-0.25, -0.2) is 4.98 Å². The molecule has 0 aromatic carbocycles. The van der Waals surface area contributed by atoms with Crippen LogP contribution in [0, 0.1) is 6.92 Å². The molecule has 1 aliphatic heterocycles. The van der Waals surface area contributed by atoms with Crippen molar-refractivity contribution in [1.29, 1.82) is 0 Å². The molecular formula is C15H23N3O. The van der Waals surface area contributed by atoms with E-state index in [2.05, 4.69) is 9.88 Å². The van der Waals surface area contributed by atoms with Crippen LogP contribution < -0.4 is 5.73 Å². The van der Waals surface area contributed by atoms with Crippen LogP contribution >= 0.6 is 0 Å². The lowest BCUT2D eigenvalue weighted by molar-refractivity contribution is 0.0580. The van der Waals surface area contributed by atoms with Crippen molar-refractivity contribution in [3.05, 3.63) is 23.4 Å². The van der Waals surface area contributed by atoms with Gasteiger partial charge in [0.05, 0.1) is 11.1 Å². The molecule has 1 aromatic rings. The number of nitrogen functional groups attached to an aromatic ring is 1. The lowest BCUT2D eigenvalue weighted by Gasteiger charge is -2.39. The van der Waals surface area contributed by atoms with Gasteiger partial charge in [-0.3, -0.25) is 9.69 Å². The molecule has 4 heteroatoms. The van der Waals surface area contributed by atoms with Crippen LogP contribution in [0.5, 0.6) is 0 Å². The molecule has 2 rings (SSSR count). The number of carbonyl (C=O) groups is 1. The third-order valence-corrected chi connectivity index (χ3v) is 4.00. The van der Waals surface area contributed by atoms with Gasteiger partial charge in [0.2, 0.25) is 0 Å². The van der Waals surface area contributed by atoms with Crippen LogP contribution in [0.25, 0.3) is 0 Å². The van der Waals surface area contributed by atoms with Crippen molar-refractivity contribution in [1.82, 2.24) is 9.88 Å². The quantitative estimate of drug-likeness (QED) is 0.849. The minimum Gasteiger partial charge on any atom is -0.383 e. The number of pyridine rings is 1. The smallest absolute Gasteiger partial charge is 0.186 e. The van der Waals surface area contributed by atoms with E-state index in [1.165, 1.54) is 6.42 Å². The summed E-state index contributed by atoms with van der Waals surface area (Å²) in [6.07, 6.45) is 5.28. The fraction of sp³-hybridized carbons (Fsp3) is 0.600. The first-order valence-corrected chi connectivity index (χ1v) is 6.95. The highest BCUT2D eigenvalue weighted by Crippen LogP contribution is 2.26. The Kier molecular flexibility index (Phi) is 3.90. The molecule has 1 fully saturated rings. The summed E-state index contributed by atoms with van der Waals surface area (Å²) in [4.78, 5) is 19.1. The van der Waals surface area contributed by atoms with Crippen LogP contribution in [-0.4, -0.2) is 34.3 Å². The minimum absolute atomic E-state index is 0.0723. The zero-order chi connectivity index (χ0) is 14.0. The molecule has 0 aliphatic carbocycles. The molecule has 0 bridgehead atoms. The first-order chi connectivity index (χ1) is 8.93. The molecule has 0 amide bonds. The van der Waals surface area contributed by atoms with Gasteiger partial charge in [0.25, 0.3) is 0 Å². The third-order valence-electron chi connectivity index (χ3n) is 4.00. The Morgan fingerprint density at radius 3 is 2.58 bits per heavy atom. The van der Waals surface area contributed by atoms with E-state index in [-0.39, 0.29) is 5.78 Å². The molecule has 0 saturated carbocycles.